The summed E-state index contributed by atoms with van der Waals surface area (Å²) < 4.78 is 5.34. The highest BCUT2D eigenvalue weighted by molar-refractivity contribution is 5.95. The van der Waals surface area contributed by atoms with Gasteiger partial charge in [-0.2, -0.15) is 0 Å². The number of nitrogens with one attached hydrogen (secondary N) is 2. The monoisotopic (exact) mass is 350 g/mol. The van der Waals surface area contributed by atoms with Gasteiger partial charge in [-0.15, -0.1) is 0 Å². The second-order valence-corrected chi connectivity index (χ2v) is 6.92. The summed E-state index contributed by atoms with van der Waals surface area (Å²) in [6.07, 6.45) is 2.46. The van der Waals surface area contributed by atoms with Gasteiger partial charge in [0.05, 0.1) is 12.9 Å². The van der Waals surface area contributed by atoms with Crippen LogP contribution >= 0.6 is 0 Å². The van der Waals surface area contributed by atoms with Gasteiger partial charge in [-0.05, 0) is 60.6 Å². The molecule has 2 aromatic rings. The van der Waals surface area contributed by atoms with Crippen molar-refractivity contribution in [2.45, 2.75) is 38.6 Å². The number of ether oxygens (including phenoxy) is 1. The zero-order chi connectivity index (χ0) is 18.7. The van der Waals surface area contributed by atoms with Gasteiger partial charge in [-0.25, -0.2) is 0 Å². The Hall–Kier alpha value is -2.62. The molecule has 4 heteroatoms. The molecule has 0 spiro atoms. The van der Waals surface area contributed by atoms with Crippen molar-refractivity contribution in [2.24, 2.45) is 5.92 Å². The first-order valence-electron chi connectivity index (χ1n) is 9.13. The number of hydrogen-bond acceptors (Lipinski definition) is 3. The first-order valence-corrected chi connectivity index (χ1v) is 9.13. The van der Waals surface area contributed by atoms with Gasteiger partial charge >= 0.3 is 0 Å². The maximum atomic E-state index is 13.0. The number of rotatable bonds is 7. The first kappa shape index (κ1) is 18.2. The first-order chi connectivity index (χ1) is 12.5. The number of benzene rings is 2. The van der Waals surface area contributed by atoms with E-state index in [9.17, 15) is 4.79 Å². The summed E-state index contributed by atoms with van der Waals surface area (Å²) in [6.45, 7) is 3.60. The molecule has 0 bridgehead atoms. The highest BCUT2D eigenvalue weighted by Gasteiger charge is 2.51. The van der Waals surface area contributed by atoms with Crippen LogP contribution in [0.4, 0.5) is 0 Å². The minimum absolute atomic E-state index is 0.148. The number of carbonyl (C=O) groups excluding carboxylic acids is 1. The van der Waals surface area contributed by atoms with Crippen LogP contribution in [0.5, 0.6) is 5.75 Å². The second kappa shape index (κ2) is 7.32. The molecule has 0 aromatic heterocycles. The quantitative estimate of drug-likeness (QED) is 0.569. The molecule has 2 N–H and O–H groups in total. The molecule has 3 rings (SSSR count). The Morgan fingerprint density at radius 1 is 1.19 bits per heavy atom. The van der Waals surface area contributed by atoms with Crippen molar-refractivity contribution in [3.05, 3.63) is 54.1 Å². The third kappa shape index (κ3) is 3.36. The van der Waals surface area contributed by atoms with Crippen LogP contribution in [-0.2, 0) is 10.3 Å². The van der Waals surface area contributed by atoms with E-state index in [2.05, 4.69) is 11.4 Å². The van der Waals surface area contributed by atoms with E-state index in [0.717, 1.165) is 35.3 Å². The number of carbonyl (C=O) groups is 1. The summed E-state index contributed by atoms with van der Waals surface area (Å²) in [7, 11) is 1.66. The third-order valence-corrected chi connectivity index (χ3v) is 5.06. The summed E-state index contributed by atoms with van der Waals surface area (Å²) in [4.78, 5) is 13.0. The van der Waals surface area contributed by atoms with Gasteiger partial charge in [0.25, 0.3) is 0 Å². The van der Waals surface area contributed by atoms with Crippen LogP contribution in [0.3, 0.4) is 0 Å². The molecule has 1 unspecified atom stereocenters. The van der Waals surface area contributed by atoms with Crippen LogP contribution in [0.1, 0.15) is 38.7 Å². The van der Waals surface area contributed by atoms with Gasteiger partial charge in [0, 0.05) is 6.42 Å². The Balaban J connectivity index is 2.10. The van der Waals surface area contributed by atoms with Crippen LogP contribution in [0.15, 0.2) is 48.5 Å². The fourth-order valence-corrected chi connectivity index (χ4v) is 3.71. The van der Waals surface area contributed by atoms with Crippen LogP contribution < -0.4 is 10.1 Å². The van der Waals surface area contributed by atoms with Crippen molar-refractivity contribution >= 4 is 11.6 Å². The van der Waals surface area contributed by atoms with Crippen LogP contribution in [-0.4, -0.2) is 18.7 Å². The average Bonchev–Trinajstić information content (AvgIpc) is 3.51. The molecule has 0 saturated heterocycles. The van der Waals surface area contributed by atoms with Gasteiger partial charge in [-0.3, -0.25) is 10.2 Å². The molecule has 4 nitrogen and oxygen atoms in total. The normalized spacial score (nSPS) is 15.8. The Bertz CT molecular complexity index is 826. The number of hydrogen-bond donors (Lipinski definition) is 2. The molecule has 0 radical (unpaired) electrons. The van der Waals surface area contributed by atoms with E-state index in [1.807, 2.05) is 49.4 Å². The molecule has 1 fully saturated rings. The zero-order valence-corrected chi connectivity index (χ0v) is 15.6. The third-order valence-electron chi connectivity index (χ3n) is 5.06. The van der Waals surface area contributed by atoms with E-state index < -0.39 is 5.54 Å². The van der Waals surface area contributed by atoms with Crippen molar-refractivity contribution < 1.29 is 9.53 Å². The van der Waals surface area contributed by atoms with E-state index in [1.54, 1.807) is 14.0 Å². The summed E-state index contributed by atoms with van der Waals surface area (Å²) in [6, 6.07) is 16.0. The standard InChI is InChI=1S/C22H26N2O2/c1-4-21(25)22(18-11-12-18,24-15(2)23)19-9-5-7-16(13-19)17-8-6-10-20(14-17)26-3/h5-10,13-14,18H,4,11-12H2,1-3H3,(H2,23,24). The Morgan fingerprint density at radius 3 is 2.42 bits per heavy atom. The van der Waals surface area contributed by atoms with Gasteiger partial charge < -0.3 is 10.1 Å². The second-order valence-electron chi connectivity index (χ2n) is 6.92. The molecule has 136 valence electrons. The van der Waals surface area contributed by atoms with Crippen molar-refractivity contribution in [3.63, 3.8) is 0 Å². The highest BCUT2D eigenvalue weighted by Crippen LogP contribution is 2.47. The summed E-state index contributed by atoms with van der Waals surface area (Å²) in [5, 5.41) is 11.2. The number of methoxy groups -OCH3 is 1. The topological polar surface area (TPSA) is 62.2 Å². The summed E-state index contributed by atoms with van der Waals surface area (Å²) >= 11 is 0. The lowest BCUT2D eigenvalue weighted by Crippen LogP contribution is -2.52. The number of amidine groups is 1. The van der Waals surface area contributed by atoms with Gasteiger partial charge in [0.1, 0.15) is 11.3 Å². The van der Waals surface area contributed by atoms with Gasteiger partial charge in [-0.1, -0.05) is 37.3 Å². The molecule has 1 atom stereocenters. The summed E-state index contributed by atoms with van der Waals surface area (Å²) in [5.41, 5.74) is 2.24. The molecule has 0 heterocycles. The zero-order valence-electron chi connectivity index (χ0n) is 15.6. The largest absolute Gasteiger partial charge is 0.497 e. The lowest BCUT2D eigenvalue weighted by atomic mass is 9.79. The molecular weight excluding hydrogens is 324 g/mol. The molecule has 26 heavy (non-hydrogen) atoms. The van der Waals surface area contributed by atoms with Crippen molar-refractivity contribution in [2.75, 3.05) is 7.11 Å². The van der Waals surface area contributed by atoms with Gasteiger partial charge in [0.15, 0.2) is 5.78 Å². The number of ketones is 1. The molecule has 0 amide bonds. The maximum absolute atomic E-state index is 13.0. The number of Topliss-reactive ketones (excluding diaryl/α,β-unsaturated/α-hetero) is 1. The lowest BCUT2D eigenvalue weighted by molar-refractivity contribution is -0.125. The predicted octanol–water partition coefficient (Wildman–Crippen LogP) is 4.53. The lowest BCUT2D eigenvalue weighted by Gasteiger charge is -2.35. The molecule has 1 saturated carbocycles. The van der Waals surface area contributed by atoms with Crippen LogP contribution in [0.25, 0.3) is 11.1 Å². The van der Waals surface area contributed by atoms with Crippen LogP contribution in [0, 0.1) is 11.3 Å². The maximum Gasteiger partial charge on any atom is 0.162 e. The smallest absolute Gasteiger partial charge is 0.162 e. The molecular formula is C22H26N2O2. The van der Waals surface area contributed by atoms with Gasteiger partial charge in [0.2, 0.25) is 0 Å². The molecule has 0 aliphatic heterocycles. The Labute approximate surface area is 155 Å². The molecule has 1 aliphatic rings. The van der Waals surface area contributed by atoms with Crippen molar-refractivity contribution in [3.8, 4) is 16.9 Å². The van der Waals surface area contributed by atoms with E-state index in [4.69, 9.17) is 10.1 Å². The minimum Gasteiger partial charge on any atom is -0.497 e. The fourth-order valence-electron chi connectivity index (χ4n) is 3.71. The van der Waals surface area contributed by atoms with Crippen molar-refractivity contribution in [1.29, 1.82) is 5.41 Å². The SMILES string of the molecule is CCC(=O)C(NC(C)=N)(c1cccc(-c2cccc(OC)c2)c1)C1CC1. The molecule has 1 aliphatic carbocycles. The molecule has 2 aromatic carbocycles. The van der Waals surface area contributed by atoms with E-state index in [1.165, 1.54) is 0 Å². The minimum atomic E-state index is -0.796. The van der Waals surface area contributed by atoms with E-state index >= 15 is 0 Å². The Morgan fingerprint density at radius 2 is 1.85 bits per heavy atom. The Kier molecular flexibility index (Phi) is 5.12. The fraction of sp³-hybridized carbons (Fsp3) is 0.364. The van der Waals surface area contributed by atoms with Crippen molar-refractivity contribution in [1.82, 2.24) is 5.32 Å². The average molecular weight is 350 g/mol. The highest BCUT2D eigenvalue weighted by atomic mass is 16.5. The summed E-state index contributed by atoms with van der Waals surface area (Å²) in [5.74, 6) is 1.52. The van der Waals surface area contributed by atoms with Crippen LogP contribution in [0.2, 0.25) is 0 Å². The predicted molar refractivity (Wildman–Crippen MR) is 105 cm³/mol. The van der Waals surface area contributed by atoms with E-state index in [-0.39, 0.29) is 11.7 Å². The van der Waals surface area contributed by atoms with E-state index in [0.29, 0.717) is 12.3 Å².